The number of halogens is 1. The van der Waals surface area contributed by atoms with E-state index in [4.69, 9.17) is 16.3 Å². The lowest BCUT2D eigenvalue weighted by atomic mass is 10.0. The Bertz CT molecular complexity index is 455. The fraction of sp³-hybridized carbons (Fsp3) is 0.273. The Hall–Kier alpha value is -1.55. The molecule has 1 atom stereocenters. The van der Waals surface area contributed by atoms with Gasteiger partial charge in [0.05, 0.1) is 19.1 Å². The average Bonchev–Trinajstić information content (AvgIpc) is 2.28. The molecule has 0 spiro atoms. The third-order valence-electron chi connectivity index (χ3n) is 2.35. The van der Waals surface area contributed by atoms with Crippen molar-refractivity contribution in [2.45, 2.75) is 12.5 Å². The molecule has 0 N–H and O–H groups in total. The molecule has 0 amide bonds. The van der Waals surface area contributed by atoms with E-state index in [-0.39, 0.29) is 12.2 Å². The number of methoxy groups -OCH3 is 1. The van der Waals surface area contributed by atoms with Gasteiger partial charge >= 0.3 is 5.97 Å². The minimum Gasteiger partial charge on any atom is -0.477 e. The summed E-state index contributed by atoms with van der Waals surface area (Å²) in [7, 11) is 1.26. The average molecular weight is 241 g/mol. The smallest absolute Gasteiger partial charge is 0.347 e. The van der Waals surface area contributed by atoms with Gasteiger partial charge in [0.15, 0.2) is 5.78 Å². The lowest BCUT2D eigenvalue weighted by molar-refractivity contribution is -0.148. The number of esters is 1. The van der Waals surface area contributed by atoms with Crippen LogP contribution in [0.2, 0.25) is 5.02 Å². The van der Waals surface area contributed by atoms with Crippen LogP contribution >= 0.6 is 11.6 Å². The number of fused-ring (bicyclic) bond motifs is 1. The highest BCUT2D eigenvalue weighted by molar-refractivity contribution is 6.31. The van der Waals surface area contributed by atoms with Gasteiger partial charge in [0, 0.05) is 5.02 Å². The number of hydrogen-bond acceptors (Lipinski definition) is 4. The zero-order chi connectivity index (χ0) is 11.7. The summed E-state index contributed by atoms with van der Waals surface area (Å²) in [5.74, 6) is -0.343. The predicted molar refractivity (Wildman–Crippen MR) is 56.8 cm³/mol. The Labute approximate surface area is 97.1 Å². The highest BCUT2D eigenvalue weighted by atomic mass is 35.5. The topological polar surface area (TPSA) is 52.6 Å². The van der Waals surface area contributed by atoms with Crippen LogP contribution in [0.15, 0.2) is 18.2 Å². The number of Topliss-reactive ketones (excluding diaryl/α,β-unsaturated/α-hetero) is 1. The molecule has 1 aliphatic rings. The van der Waals surface area contributed by atoms with Gasteiger partial charge in [-0.05, 0) is 18.2 Å². The second-order valence-corrected chi connectivity index (χ2v) is 3.83. The number of carbonyl (C=O) groups is 2. The van der Waals surface area contributed by atoms with Crippen molar-refractivity contribution in [3.63, 3.8) is 0 Å². The summed E-state index contributed by atoms with van der Waals surface area (Å²) in [6.07, 6.45) is -0.869. The molecule has 0 saturated heterocycles. The Morgan fingerprint density at radius 2 is 2.31 bits per heavy atom. The number of ketones is 1. The minimum atomic E-state index is -0.855. The molecule has 1 aliphatic heterocycles. The molecule has 84 valence electrons. The minimum absolute atomic E-state index is 0.0139. The van der Waals surface area contributed by atoms with Gasteiger partial charge < -0.3 is 9.47 Å². The Morgan fingerprint density at radius 1 is 1.56 bits per heavy atom. The molecular weight excluding hydrogens is 232 g/mol. The Kier molecular flexibility index (Phi) is 2.83. The van der Waals surface area contributed by atoms with Crippen LogP contribution in [0, 0.1) is 0 Å². The van der Waals surface area contributed by atoms with Gasteiger partial charge in [0.1, 0.15) is 5.75 Å². The second kappa shape index (κ2) is 4.14. The van der Waals surface area contributed by atoms with Crippen LogP contribution in [-0.4, -0.2) is 25.0 Å². The first kappa shape index (κ1) is 11.0. The Balaban J connectivity index is 2.33. The third kappa shape index (κ3) is 1.88. The van der Waals surface area contributed by atoms with Crippen LogP contribution in [0.25, 0.3) is 0 Å². The van der Waals surface area contributed by atoms with Crippen molar-refractivity contribution in [1.29, 1.82) is 0 Å². The molecule has 0 bridgehead atoms. The van der Waals surface area contributed by atoms with Crippen molar-refractivity contribution in [2.75, 3.05) is 7.11 Å². The van der Waals surface area contributed by atoms with Gasteiger partial charge in [0.25, 0.3) is 0 Å². The van der Waals surface area contributed by atoms with Crippen molar-refractivity contribution in [3.8, 4) is 5.75 Å². The maximum absolute atomic E-state index is 11.7. The van der Waals surface area contributed by atoms with E-state index >= 15 is 0 Å². The normalized spacial score (nSPS) is 18.6. The summed E-state index contributed by atoms with van der Waals surface area (Å²) in [5, 5.41) is 0.465. The van der Waals surface area contributed by atoms with E-state index in [0.717, 1.165) is 0 Å². The first-order chi connectivity index (χ1) is 7.61. The number of benzene rings is 1. The van der Waals surface area contributed by atoms with Gasteiger partial charge in [-0.25, -0.2) is 4.79 Å². The van der Waals surface area contributed by atoms with E-state index in [0.29, 0.717) is 16.3 Å². The SMILES string of the molecule is COC(=O)C1CC(=O)c2cc(Cl)ccc2O1. The van der Waals surface area contributed by atoms with Gasteiger partial charge in [-0.2, -0.15) is 0 Å². The van der Waals surface area contributed by atoms with Crippen LogP contribution in [-0.2, 0) is 9.53 Å². The predicted octanol–water partition coefficient (Wildman–Crippen LogP) is 1.85. The van der Waals surface area contributed by atoms with Crippen molar-refractivity contribution < 1.29 is 19.1 Å². The molecule has 1 heterocycles. The molecular formula is C11H9ClO4. The molecule has 0 radical (unpaired) electrons. The zero-order valence-electron chi connectivity index (χ0n) is 8.53. The highest BCUT2D eigenvalue weighted by Gasteiger charge is 2.32. The summed E-state index contributed by atoms with van der Waals surface area (Å²) < 4.78 is 9.89. The van der Waals surface area contributed by atoms with Crippen LogP contribution < -0.4 is 4.74 Å². The summed E-state index contributed by atoms with van der Waals surface area (Å²) in [6, 6.07) is 4.71. The molecule has 4 nitrogen and oxygen atoms in total. The Morgan fingerprint density at radius 3 is 3.00 bits per heavy atom. The quantitative estimate of drug-likeness (QED) is 0.703. The lowest BCUT2D eigenvalue weighted by Gasteiger charge is -2.23. The molecule has 2 rings (SSSR count). The lowest BCUT2D eigenvalue weighted by Crippen LogP contribution is -2.34. The van der Waals surface area contributed by atoms with E-state index in [1.54, 1.807) is 12.1 Å². The summed E-state index contributed by atoms with van der Waals surface area (Å²) >= 11 is 5.77. The molecule has 1 unspecified atom stereocenters. The third-order valence-corrected chi connectivity index (χ3v) is 2.58. The number of carbonyl (C=O) groups excluding carboxylic acids is 2. The van der Waals surface area contributed by atoms with Crippen LogP contribution in [0.5, 0.6) is 5.75 Å². The van der Waals surface area contributed by atoms with Crippen molar-refractivity contribution >= 4 is 23.4 Å². The van der Waals surface area contributed by atoms with Crippen LogP contribution in [0.4, 0.5) is 0 Å². The molecule has 0 aromatic heterocycles. The van der Waals surface area contributed by atoms with E-state index in [2.05, 4.69) is 4.74 Å². The maximum Gasteiger partial charge on any atom is 0.347 e. The standard InChI is InChI=1S/C11H9ClO4/c1-15-11(14)10-5-8(13)7-4-6(12)2-3-9(7)16-10/h2-4,10H,5H2,1H3. The van der Waals surface area contributed by atoms with Gasteiger partial charge in [-0.15, -0.1) is 0 Å². The first-order valence-electron chi connectivity index (χ1n) is 4.69. The fourth-order valence-corrected chi connectivity index (χ4v) is 1.73. The second-order valence-electron chi connectivity index (χ2n) is 3.40. The fourth-order valence-electron chi connectivity index (χ4n) is 1.56. The zero-order valence-corrected chi connectivity index (χ0v) is 9.28. The highest BCUT2D eigenvalue weighted by Crippen LogP contribution is 2.30. The first-order valence-corrected chi connectivity index (χ1v) is 5.07. The van der Waals surface area contributed by atoms with Crippen molar-refractivity contribution in [3.05, 3.63) is 28.8 Å². The molecule has 1 aromatic carbocycles. The summed E-state index contributed by atoms with van der Waals surface area (Å²) in [4.78, 5) is 23.0. The summed E-state index contributed by atoms with van der Waals surface area (Å²) in [6.45, 7) is 0. The van der Waals surface area contributed by atoms with Crippen LogP contribution in [0.3, 0.4) is 0 Å². The van der Waals surface area contributed by atoms with Gasteiger partial charge in [-0.3, -0.25) is 4.79 Å². The van der Waals surface area contributed by atoms with Crippen molar-refractivity contribution in [1.82, 2.24) is 0 Å². The molecule has 0 saturated carbocycles. The molecule has 16 heavy (non-hydrogen) atoms. The number of rotatable bonds is 1. The molecule has 0 aliphatic carbocycles. The van der Waals surface area contributed by atoms with Crippen molar-refractivity contribution in [2.24, 2.45) is 0 Å². The van der Waals surface area contributed by atoms with Gasteiger partial charge in [-0.1, -0.05) is 11.6 Å². The van der Waals surface area contributed by atoms with E-state index in [9.17, 15) is 9.59 Å². The molecule has 1 aromatic rings. The summed E-state index contributed by atoms with van der Waals surface area (Å²) in [5.41, 5.74) is 0.410. The van der Waals surface area contributed by atoms with E-state index in [1.807, 2.05) is 0 Å². The molecule has 5 heteroatoms. The number of ether oxygens (including phenoxy) is 2. The molecule has 0 fully saturated rings. The van der Waals surface area contributed by atoms with Gasteiger partial charge in [0.2, 0.25) is 6.10 Å². The monoisotopic (exact) mass is 240 g/mol. The van der Waals surface area contributed by atoms with Crippen LogP contribution in [0.1, 0.15) is 16.8 Å². The number of hydrogen-bond donors (Lipinski definition) is 0. The maximum atomic E-state index is 11.7. The van der Waals surface area contributed by atoms with E-state index < -0.39 is 12.1 Å². The largest absolute Gasteiger partial charge is 0.477 e. The van der Waals surface area contributed by atoms with E-state index in [1.165, 1.54) is 13.2 Å².